The second-order valence-electron chi connectivity index (χ2n) is 8.41. The lowest BCUT2D eigenvalue weighted by Crippen LogP contribution is -2.43. The average molecular weight is 478 g/mol. The Morgan fingerprint density at radius 2 is 1.88 bits per heavy atom. The molecule has 1 aliphatic rings. The van der Waals surface area contributed by atoms with Gasteiger partial charge in [-0.25, -0.2) is 9.37 Å². The van der Waals surface area contributed by atoms with Crippen molar-refractivity contribution in [3.05, 3.63) is 69.9 Å². The number of aromatic nitrogens is 2. The first kappa shape index (κ1) is 24.2. The molecule has 0 saturated carbocycles. The van der Waals surface area contributed by atoms with Crippen LogP contribution in [0.4, 0.5) is 17.6 Å². The van der Waals surface area contributed by atoms with Crippen LogP contribution in [-0.2, 0) is 19.3 Å². The summed E-state index contributed by atoms with van der Waals surface area (Å²) >= 11 is 0. The predicted octanol–water partition coefficient (Wildman–Crippen LogP) is 3.82. The second-order valence-corrected chi connectivity index (χ2v) is 8.41. The summed E-state index contributed by atoms with van der Waals surface area (Å²) in [6, 6.07) is 8.66. The number of hydrogen-bond donors (Lipinski definition) is 1. The molecule has 182 valence electrons. The van der Waals surface area contributed by atoms with Crippen molar-refractivity contribution in [2.45, 2.75) is 38.1 Å². The van der Waals surface area contributed by atoms with E-state index in [2.05, 4.69) is 15.2 Å². The highest BCUT2D eigenvalue weighted by molar-refractivity contribution is 5.76. The Kier molecular flexibility index (Phi) is 7.18. The highest BCUT2D eigenvalue weighted by atomic mass is 19.4. The van der Waals surface area contributed by atoms with Gasteiger partial charge in [0.05, 0.1) is 29.9 Å². The summed E-state index contributed by atoms with van der Waals surface area (Å²) in [6.45, 7) is 3.17. The number of ether oxygens (including phenoxy) is 1. The zero-order valence-corrected chi connectivity index (χ0v) is 18.7. The van der Waals surface area contributed by atoms with E-state index in [0.29, 0.717) is 30.9 Å². The van der Waals surface area contributed by atoms with Gasteiger partial charge in [0.1, 0.15) is 11.6 Å². The fourth-order valence-electron chi connectivity index (χ4n) is 4.26. The molecular weight excluding hydrogens is 452 g/mol. The summed E-state index contributed by atoms with van der Waals surface area (Å²) < 4.78 is 58.9. The molecule has 1 N–H and O–H groups in total. The van der Waals surface area contributed by atoms with Crippen LogP contribution in [0.3, 0.4) is 0 Å². The van der Waals surface area contributed by atoms with Crippen molar-refractivity contribution in [1.82, 2.24) is 19.8 Å². The molecule has 0 atom stereocenters. The Hall–Kier alpha value is -2.98. The van der Waals surface area contributed by atoms with Gasteiger partial charge in [-0.2, -0.15) is 13.2 Å². The molecule has 6 nitrogen and oxygen atoms in total. The van der Waals surface area contributed by atoms with Crippen LogP contribution < -0.4 is 15.6 Å². The van der Waals surface area contributed by atoms with Crippen molar-refractivity contribution >= 4 is 11.0 Å². The number of likely N-dealkylation sites (tertiary alicyclic amines) is 1. The standard InChI is InChI=1S/C24H26F4N4O2/c1-34-18-3-5-21-22(13-18)32(23(33)15-30-21)11-10-31-8-6-17(7-9-31)29-14-16-2-4-19(20(25)12-16)24(26,27)28/h2-5,12-13,15,17,29H,6-11,14H2,1H3. The monoisotopic (exact) mass is 478 g/mol. The van der Waals surface area contributed by atoms with Gasteiger partial charge in [-0.05, 0) is 55.8 Å². The molecule has 0 unspecified atom stereocenters. The second kappa shape index (κ2) is 10.1. The molecule has 1 saturated heterocycles. The van der Waals surface area contributed by atoms with E-state index in [1.807, 2.05) is 12.1 Å². The number of benzene rings is 2. The maximum Gasteiger partial charge on any atom is 0.419 e. The van der Waals surface area contributed by atoms with E-state index >= 15 is 0 Å². The van der Waals surface area contributed by atoms with E-state index in [9.17, 15) is 22.4 Å². The molecule has 0 bridgehead atoms. The zero-order chi connectivity index (χ0) is 24.3. The Bertz CT molecular complexity index is 1200. The third kappa shape index (κ3) is 5.56. The van der Waals surface area contributed by atoms with Crippen LogP contribution in [0.15, 0.2) is 47.4 Å². The number of nitrogens with zero attached hydrogens (tertiary/aromatic N) is 3. The van der Waals surface area contributed by atoms with Gasteiger partial charge in [0.2, 0.25) is 0 Å². The van der Waals surface area contributed by atoms with Gasteiger partial charge >= 0.3 is 6.18 Å². The smallest absolute Gasteiger partial charge is 0.419 e. The van der Waals surface area contributed by atoms with Gasteiger partial charge in [-0.3, -0.25) is 4.79 Å². The summed E-state index contributed by atoms with van der Waals surface area (Å²) in [6.07, 6.45) is -1.66. The third-order valence-corrected chi connectivity index (χ3v) is 6.21. The van der Waals surface area contributed by atoms with Crippen LogP contribution in [0, 0.1) is 5.82 Å². The van der Waals surface area contributed by atoms with Gasteiger partial charge in [0.15, 0.2) is 0 Å². The summed E-state index contributed by atoms with van der Waals surface area (Å²) in [5.41, 5.74) is 0.521. The van der Waals surface area contributed by atoms with Gasteiger partial charge in [-0.15, -0.1) is 0 Å². The Morgan fingerprint density at radius 3 is 2.56 bits per heavy atom. The maximum atomic E-state index is 13.8. The number of hydrogen-bond acceptors (Lipinski definition) is 5. The lowest BCUT2D eigenvalue weighted by molar-refractivity contribution is -0.140. The highest BCUT2D eigenvalue weighted by Crippen LogP contribution is 2.31. The number of rotatable bonds is 7. The van der Waals surface area contributed by atoms with Crippen LogP contribution in [0.5, 0.6) is 5.75 Å². The molecule has 2 heterocycles. The fourth-order valence-corrected chi connectivity index (χ4v) is 4.26. The molecule has 2 aromatic carbocycles. The number of nitrogens with one attached hydrogen (secondary N) is 1. The first-order valence-corrected chi connectivity index (χ1v) is 11.1. The predicted molar refractivity (Wildman–Crippen MR) is 120 cm³/mol. The largest absolute Gasteiger partial charge is 0.497 e. The van der Waals surface area contributed by atoms with Crippen molar-refractivity contribution in [3.63, 3.8) is 0 Å². The number of fused-ring (bicyclic) bond motifs is 1. The summed E-state index contributed by atoms with van der Waals surface area (Å²) in [7, 11) is 1.58. The molecule has 0 spiro atoms. The number of alkyl halides is 3. The van der Waals surface area contributed by atoms with Crippen molar-refractivity contribution < 1.29 is 22.3 Å². The lowest BCUT2D eigenvalue weighted by atomic mass is 10.0. The normalized spacial score (nSPS) is 15.7. The van der Waals surface area contributed by atoms with Crippen molar-refractivity contribution in [2.75, 3.05) is 26.7 Å². The molecule has 0 radical (unpaired) electrons. The van der Waals surface area contributed by atoms with Crippen molar-refractivity contribution in [2.24, 2.45) is 0 Å². The molecule has 0 amide bonds. The summed E-state index contributed by atoms with van der Waals surface area (Å²) in [4.78, 5) is 18.9. The minimum absolute atomic E-state index is 0.166. The molecule has 3 aromatic rings. The number of halogens is 4. The number of methoxy groups -OCH3 is 1. The zero-order valence-electron chi connectivity index (χ0n) is 18.7. The Morgan fingerprint density at radius 1 is 1.12 bits per heavy atom. The third-order valence-electron chi connectivity index (χ3n) is 6.21. The van der Waals surface area contributed by atoms with E-state index < -0.39 is 17.6 Å². The molecule has 1 aromatic heterocycles. The lowest BCUT2D eigenvalue weighted by Gasteiger charge is -2.32. The molecular formula is C24H26F4N4O2. The van der Waals surface area contributed by atoms with E-state index in [-0.39, 0.29) is 11.6 Å². The molecule has 0 aliphatic carbocycles. The first-order chi connectivity index (χ1) is 16.2. The van der Waals surface area contributed by atoms with Gasteiger partial charge in [-0.1, -0.05) is 6.07 Å². The molecule has 34 heavy (non-hydrogen) atoms. The molecule has 1 fully saturated rings. The van der Waals surface area contributed by atoms with E-state index in [1.54, 1.807) is 17.7 Å². The average Bonchev–Trinajstić information content (AvgIpc) is 2.81. The Labute approximate surface area is 194 Å². The van der Waals surface area contributed by atoms with E-state index in [4.69, 9.17) is 4.74 Å². The van der Waals surface area contributed by atoms with Gasteiger partial charge in [0, 0.05) is 31.7 Å². The van der Waals surface area contributed by atoms with Gasteiger partial charge < -0.3 is 19.5 Å². The number of piperidine rings is 1. The van der Waals surface area contributed by atoms with Crippen LogP contribution in [0.2, 0.25) is 0 Å². The van der Waals surface area contributed by atoms with Crippen LogP contribution in [-0.4, -0.2) is 47.2 Å². The molecule has 1 aliphatic heterocycles. The van der Waals surface area contributed by atoms with Crippen LogP contribution in [0.1, 0.15) is 24.0 Å². The minimum atomic E-state index is -4.69. The first-order valence-electron chi connectivity index (χ1n) is 11.1. The van der Waals surface area contributed by atoms with Crippen molar-refractivity contribution in [3.8, 4) is 5.75 Å². The highest BCUT2D eigenvalue weighted by Gasteiger charge is 2.33. The SMILES string of the molecule is COc1ccc2ncc(=O)n(CCN3CCC(NCc4ccc(C(F)(F)F)c(F)c4)CC3)c2c1. The van der Waals surface area contributed by atoms with Crippen LogP contribution in [0.25, 0.3) is 11.0 Å². The molecule has 10 heteroatoms. The summed E-state index contributed by atoms with van der Waals surface area (Å²) in [5.74, 6) is -0.591. The minimum Gasteiger partial charge on any atom is -0.497 e. The quantitative estimate of drug-likeness (QED) is 0.524. The van der Waals surface area contributed by atoms with E-state index in [0.717, 1.165) is 49.1 Å². The fraction of sp³-hybridized carbons (Fsp3) is 0.417. The summed E-state index contributed by atoms with van der Waals surface area (Å²) in [5, 5.41) is 3.31. The van der Waals surface area contributed by atoms with Gasteiger partial charge in [0.25, 0.3) is 5.56 Å². The van der Waals surface area contributed by atoms with E-state index in [1.165, 1.54) is 12.3 Å². The van der Waals surface area contributed by atoms with Crippen molar-refractivity contribution in [1.29, 1.82) is 0 Å². The topological polar surface area (TPSA) is 59.4 Å². The molecule has 4 rings (SSSR count). The Balaban J connectivity index is 1.29. The maximum absolute atomic E-state index is 13.8. The van der Waals surface area contributed by atoms with Crippen LogP contribution >= 0.6 is 0 Å².